The number of H-pyrrole nitrogens is 1. The SMILES string of the molecule is CC(C)(C)c1ccc(S(=O)(=O)N2C=C(C(=O)O)c3[nH]c4ccccc4c3CC2)cc1. The van der Waals surface area contributed by atoms with Crippen molar-refractivity contribution in [2.45, 2.75) is 37.5 Å². The normalized spacial score (nSPS) is 14.9. The van der Waals surface area contributed by atoms with Crippen molar-refractivity contribution in [1.29, 1.82) is 0 Å². The second-order valence-corrected chi connectivity index (χ2v) is 10.4. The van der Waals surface area contributed by atoms with Gasteiger partial charge < -0.3 is 10.1 Å². The number of hydrogen-bond donors (Lipinski definition) is 2. The largest absolute Gasteiger partial charge is 0.478 e. The van der Waals surface area contributed by atoms with E-state index >= 15 is 0 Å². The number of sulfonamides is 1. The summed E-state index contributed by atoms with van der Waals surface area (Å²) in [5, 5.41) is 10.7. The molecule has 1 aliphatic rings. The molecule has 0 spiro atoms. The highest BCUT2D eigenvalue weighted by Crippen LogP contribution is 2.33. The number of para-hydroxylation sites is 1. The van der Waals surface area contributed by atoms with Gasteiger partial charge in [0.1, 0.15) is 5.57 Å². The van der Waals surface area contributed by atoms with Gasteiger partial charge >= 0.3 is 5.97 Å². The quantitative estimate of drug-likeness (QED) is 0.661. The number of aromatic nitrogens is 1. The average molecular weight is 425 g/mol. The van der Waals surface area contributed by atoms with Gasteiger partial charge in [0, 0.05) is 23.6 Å². The number of carboxylic acid groups (broad SMARTS) is 1. The van der Waals surface area contributed by atoms with Crippen LogP contribution in [0.15, 0.2) is 59.6 Å². The summed E-state index contributed by atoms with van der Waals surface area (Å²) in [5.74, 6) is -1.17. The Labute approximate surface area is 175 Å². The number of nitrogens with zero attached hydrogens (tertiary/aromatic N) is 1. The summed E-state index contributed by atoms with van der Waals surface area (Å²) in [6.07, 6.45) is 1.64. The molecule has 1 aromatic heterocycles. The topological polar surface area (TPSA) is 90.5 Å². The van der Waals surface area contributed by atoms with Crippen LogP contribution in [0.25, 0.3) is 16.5 Å². The summed E-state index contributed by atoms with van der Waals surface area (Å²) in [5.41, 5.74) is 2.99. The van der Waals surface area contributed by atoms with E-state index in [9.17, 15) is 18.3 Å². The molecule has 156 valence electrons. The summed E-state index contributed by atoms with van der Waals surface area (Å²) < 4.78 is 27.7. The minimum absolute atomic E-state index is 0.0615. The fraction of sp³-hybridized carbons (Fsp3) is 0.261. The number of benzene rings is 2. The van der Waals surface area contributed by atoms with Crippen LogP contribution in [0.4, 0.5) is 0 Å². The summed E-state index contributed by atoms with van der Waals surface area (Å²) in [6, 6.07) is 14.4. The lowest BCUT2D eigenvalue weighted by Gasteiger charge is -2.22. The van der Waals surface area contributed by atoms with Crippen LogP contribution in [0, 0.1) is 0 Å². The lowest BCUT2D eigenvalue weighted by molar-refractivity contribution is -0.130. The Morgan fingerprint density at radius 2 is 1.73 bits per heavy atom. The van der Waals surface area contributed by atoms with E-state index in [1.165, 1.54) is 6.20 Å². The summed E-state index contributed by atoms with van der Waals surface area (Å²) in [6.45, 7) is 6.34. The van der Waals surface area contributed by atoms with Gasteiger partial charge in [0.15, 0.2) is 0 Å². The molecule has 0 aliphatic carbocycles. The van der Waals surface area contributed by atoms with Crippen molar-refractivity contribution in [3.8, 4) is 0 Å². The molecule has 2 N–H and O–H groups in total. The standard InChI is InChI=1S/C23H24N2O4S/c1-23(2,3)15-8-10-16(11-9-15)30(28,29)25-13-12-18-17-6-4-5-7-20(17)24-21(18)19(14-25)22(26)27/h4-11,14,24H,12-13H2,1-3H3,(H,26,27). The number of aromatic amines is 1. The van der Waals surface area contributed by atoms with Crippen LogP contribution in [0.5, 0.6) is 0 Å². The van der Waals surface area contributed by atoms with Crippen LogP contribution in [0.2, 0.25) is 0 Å². The van der Waals surface area contributed by atoms with E-state index < -0.39 is 16.0 Å². The molecule has 6 nitrogen and oxygen atoms in total. The maximum Gasteiger partial charge on any atom is 0.339 e. The predicted molar refractivity (Wildman–Crippen MR) is 117 cm³/mol. The molecule has 1 aliphatic heterocycles. The van der Waals surface area contributed by atoms with E-state index in [1.54, 1.807) is 12.1 Å². The zero-order valence-electron chi connectivity index (χ0n) is 17.1. The molecule has 3 aromatic rings. The number of aliphatic carboxylic acids is 1. The van der Waals surface area contributed by atoms with Gasteiger partial charge in [-0.2, -0.15) is 0 Å². The van der Waals surface area contributed by atoms with Gasteiger partial charge in [-0.25, -0.2) is 13.2 Å². The maximum absolute atomic E-state index is 13.3. The summed E-state index contributed by atoms with van der Waals surface area (Å²) in [4.78, 5) is 15.3. The highest BCUT2D eigenvalue weighted by Gasteiger charge is 2.30. The van der Waals surface area contributed by atoms with E-state index in [0.29, 0.717) is 12.1 Å². The lowest BCUT2D eigenvalue weighted by atomic mass is 9.87. The first-order valence-electron chi connectivity index (χ1n) is 9.76. The van der Waals surface area contributed by atoms with E-state index in [0.717, 1.165) is 26.3 Å². The molecule has 0 bridgehead atoms. The molecule has 0 radical (unpaired) electrons. The van der Waals surface area contributed by atoms with E-state index in [1.807, 2.05) is 36.4 Å². The van der Waals surface area contributed by atoms with Crippen LogP contribution in [-0.4, -0.2) is 35.3 Å². The number of fused-ring (bicyclic) bond motifs is 3. The monoisotopic (exact) mass is 424 g/mol. The van der Waals surface area contributed by atoms with Crippen molar-refractivity contribution in [2.75, 3.05) is 6.54 Å². The van der Waals surface area contributed by atoms with Crippen molar-refractivity contribution in [3.63, 3.8) is 0 Å². The molecule has 7 heteroatoms. The van der Waals surface area contributed by atoms with Crippen molar-refractivity contribution < 1.29 is 18.3 Å². The first-order valence-corrected chi connectivity index (χ1v) is 11.2. The van der Waals surface area contributed by atoms with Gasteiger partial charge in [-0.15, -0.1) is 0 Å². The fourth-order valence-corrected chi connectivity index (χ4v) is 5.13. The zero-order valence-corrected chi connectivity index (χ0v) is 18.0. The molecule has 2 aromatic carbocycles. The highest BCUT2D eigenvalue weighted by atomic mass is 32.2. The molecule has 4 rings (SSSR count). The Hall–Kier alpha value is -3.06. The number of nitrogens with one attached hydrogen (secondary N) is 1. The first kappa shape index (κ1) is 20.2. The Morgan fingerprint density at radius 1 is 1.07 bits per heavy atom. The second-order valence-electron chi connectivity index (χ2n) is 8.51. The van der Waals surface area contributed by atoms with Crippen LogP contribution in [-0.2, 0) is 26.7 Å². The third-order valence-electron chi connectivity index (χ3n) is 5.50. The highest BCUT2D eigenvalue weighted by molar-refractivity contribution is 7.89. The Morgan fingerprint density at radius 3 is 2.37 bits per heavy atom. The van der Waals surface area contributed by atoms with Crippen LogP contribution >= 0.6 is 0 Å². The van der Waals surface area contributed by atoms with Crippen LogP contribution < -0.4 is 0 Å². The number of rotatable bonds is 3. The van der Waals surface area contributed by atoms with Gasteiger partial charge in [-0.05, 0) is 41.2 Å². The Bertz CT molecular complexity index is 1260. The Kier molecular flexibility index (Phi) is 4.73. The van der Waals surface area contributed by atoms with Crippen molar-refractivity contribution in [1.82, 2.24) is 9.29 Å². The minimum atomic E-state index is -3.88. The third kappa shape index (κ3) is 3.39. The number of carboxylic acids is 1. The van der Waals surface area contributed by atoms with Gasteiger partial charge in [-0.3, -0.25) is 4.31 Å². The van der Waals surface area contributed by atoms with E-state index in [4.69, 9.17) is 0 Å². The van der Waals surface area contributed by atoms with Crippen molar-refractivity contribution in [2.24, 2.45) is 0 Å². The molecule has 0 atom stereocenters. The van der Waals surface area contributed by atoms with E-state index in [-0.39, 0.29) is 22.4 Å². The second kappa shape index (κ2) is 7.02. The lowest BCUT2D eigenvalue weighted by Crippen LogP contribution is -2.28. The fourth-order valence-electron chi connectivity index (χ4n) is 3.80. The maximum atomic E-state index is 13.3. The number of carbonyl (C=O) groups is 1. The molecule has 0 unspecified atom stereocenters. The van der Waals surface area contributed by atoms with Crippen LogP contribution in [0.3, 0.4) is 0 Å². The van der Waals surface area contributed by atoms with Gasteiger partial charge in [0.25, 0.3) is 10.0 Å². The first-order chi connectivity index (χ1) is 14.1. The van der Waals surface area contributed by atoms with Gasteiger partial charge in [-0.1, -0.05) is 51.1 Å². The number of hydrogen-bond acceptors (Lipinski definition) is 3. The molecule has 2 heterocycles. The molecule has 30 heavy (non-hydrogen) atoms. The van der Waals surface area contributed by atoms with Crippen molar-refractivity contribution >= 4 is 32.5 Å². The zero-order chi connectivity index (χ0) is 21.7. The molecule has 0 fully saturated rings. The molecular formula is C23H24N2O4S. The smallest absolute Gasteiger partial charge is 0.339 e. The predicted octanol–water partition coefficient (Wildman–Crippen LogP) is 4.14. The van der Waals surface area contributed by atoms with Gasteiger partial charge in [0.05, 0.1) is 10.6 Å². The summed E-state index contributed by atoms with van der Waals surface area (Å²) >= 11 is 0. The third-order valence-corrected chi connectivity index (χ3v) is 7.27. The van der Waals surface area contributed by atoms with Crippen molar-refractivity contribution in [3.05, 3.63) is 71.6 Å². The minimum Gasteiger partial charge on any atom is -0.478 e. The molecule has 0 saturated carbocycles. The van der Waals surface area contributed by atoms with Crippen LogP contribution in [0.1, 0.15) is 37.6 Å². The van der Waals surface area contributed by atoms with E-state index in [2.05, 4.69) is 25.8 Å². The average Bonchev–Trinajstić information content (AvgIpc) is 2.93. The Balaban J connectivity index is 1.78. The molecule has 0 amide bonds. The molecular weight excluding hydrogens is 400 g/mol. The molecule has 0 saturated heterocycles. The summed E-state index contributed by atoms with van der Waals surface area (Å²) in [7, 11) is -3.88. The van der Waals surface area contributed by atoms with Gasteiger partial charge in [0.2, 0.25) is 0 Å².